The minimum Gasteiger partial charge on any atom is -0.396 e. The molecule has 1 unspecified atom stereocenters. The SMILES string of the molecule is CC(CO)CSc1cc2ccccc2[nH]1. The Bertz CT molecular complexity index is 405. The first-order valence-corrected chi connectivity index (χ1v) is 6.09. The highest BCUT2D eigenvalue weighted by Gasteiger charge is 2.04. The Morgan fingerprint density at radius 2 is 2.20 bits per heavy atom. The quantitative estimate of drug-likeness (QED) is 0.779. The van der Waals surface area contributed by atoms with Crippen molar-refractivity contribution in [3.63, 3.8) is 0 Å². The summed E-state index contributed by atoms with van der Waals surface area (Å²) in [4.78, 5) is 3.36. The minimum absolute atomic E-state index is 0.257. The van der Waals surface area contributed by atoms with E-state index in [9.17, 15) is 0 Å². The standard InChI is InChI=1S/C12H15NOS/c1-9(7-14)8-15-12-6-10-4-2-3-5-11(10)13-12/h2-6,9,13-14H,7-8H2,1H3. The van der Waals surface area contributed by atoms with Crippen LogP contribution in [0.3, 0.4) is 0 Å². The Hall–Kier alpha value is -0.930. The Labute approximate surface area is 93.7 Å². The zero-order valence-electron chi connectivity index (χ0n) is 8.73. The molecule has 2 N–H and O–H groups in total. The van der Waals surface area contributed by atoms with Crippen LogP contribution in [0.4, 0.5) is 0 Å². The van der Waals surface area contributed by atoms with Crippen LogP contribution in [-0.4, -0.2) is 22.5 Å². The average Bonchev–Trinajstić information content (AvgIpc) is 2.68. The number of aliphatic hydroxyl groups excluding tert-OH is 1. The number of para-hydroxylation sites is 1. The maximum absolute atomic E-state index is 8.93. The molecule has 80 valence electrons. The van der Waals surface area contributed by atoms with Crippen molar-refractivity contribution in [2.24, 2.45) is 5.92 Å². The highest BCUT2D eigenvalue weighted by atomic mass is 32.2. The van der Waals surface area contributed by atoms with Crippen LogP contribution < -0.4 is 0 Å². The topological polar surface area (TPSA) is 36.0 Å². The summed E-state index contributed by atoms with van der Waals surface area (Å²) in [6.45, 7) is 2.31. The number of rotatable bonds is 4. The van der Waals surface area contributed by atoms with Gasteiger partial charge in [0.15, 0.2) is 0 Å². The van der Waals surface area contributed by atoms with E-state index >= 15 is 0 Å². The van der Waals surface area contributed by atoms with E-state index in [1.165, 1.54) is 15.9 Å². The van der Waals surface area contributed by atoms with Gasteiger partial charge in [0, 0.05) is 23.3 Å². The molecule has 0 saturated heterocycles. The van der Waals surface area contributed by atoms with E-state index in [4.69, 9.17) is 5.11 Å². The molecule has 2 aromatic rings. The molecule has 1 aromatic carbocycles. The van der Waals surface area contributed by atoms with Crippen molar-refractivity contribution in [1.82, 2.24) is 4.98 Å². The summed E-state index contributed by atoms with van der Waals surface area (Å²) in [7, 11) is 0. The zero-order valence-corrected chi connectivity index (χ0v) is 9.55. The molecule has 0 spiro atoms. The number of aromatic nitrogens is 1. The smallest absolute Gasteiger partial charge is 0.0732 e. The summed E-state index contributed by atoms with van der Waals surface area (Å²) in [6, 6.07) is 10.4. The van der Waals surface area contributed by atoms with Gasteiger partial charge < -0.3 is 10.1 Å². The summed E-state index contributed by atoms with van der Waals surface area (Å²) in [5, 5.41) is 11.4. The summed E-state index contributed by atoms with van der Waals surface area (Å²) in [6.07, 6.45) is 0. The van der Waals surface area contributed by atoms with Crippen LogP contribution in [0, 0.1) is 5.92 Å². The maximum atomic E-state index is 8.93. The van der Waals surface area contributed by atoms with Crippen LogP contribution in [0.5, 0.6) is 0 Å². The fourth-order valence-electron chi connectivity index (χ4n) is 1.41. The molecule has 15 heavy (non-hydrogen) atoms. The molecule has 0 radical (unpaired) electrons. The van der Waals surface area contributed by atoms with Crippen LogP contribution >= 0.6 is 11.8 Å². The number of H-pyrrole nitrogens is 1. The molecule has 2 rings (SSSR count). The number of fused-ring (bicyclic) bond motifs is 1. The van der Waals surface area contributed by atoms with E-state index in [-0.39, 0.29) is 6.61 Å². The van der Waals surface area contributed by atoms with Gasteiger partial charge in [-0.15, -0.1) is 11.8 Å². The predicted molar refractivity (Wildman–Crippen MR) is 65.3 cm³/mol. The molecule has 3 heteroatoms. The first-order valence-electron chi connectivity index (χ1n) is 5.11. The van der Waals surface area contributed by atoms with E-state index in [0.29, 0.717) is 5.92 Å². The van der Waals surface area contributed by atoms with Gasteiger partial charge in [0.05, 0.1) is 5.03 Å². The van der Waals surface area contributed by atoms with Crippen molar-refractivity contribution < 1.29 is 5.11 Å². The van der Waals surface area contributed by atoms with Gasteiger partial charge in [-0.1, -0.05) is 25.1 Å². The molecule has 0 aliphatic heterocycles. The second-order valence-electron chi connectivity index (χ2n) is 3.82. The zero-order chi connectivity index (χ0) is 10.7. The average molecular weight is 221 g/mol. The molecule has 0 amide bonds. The number of aliphatic hydroxyl groups is 1. The summed E-state index contributed by atoms with van der Waals surface area (Å²) in [5.74, 6) is 1.30. The monoisotopic (exact) mass is 221 g/mol. The lowest BCUT2D eigenvalue weighted by Crippen LogP contribution is -2.02. The lowest BCUT2D eigenvalue weighted by atomic mass is 10.2. The maximum Gasteiger partial charge on any atom is 0.0732 e. The largest absolute Gasteiger partial charge is 0.396 e. The molecule has 0 fully saturated rings. The molecule has 2 nitrogen and oxygen atoms in total. The molecule has 1 atom stereocenters. The van der Waals surface area contributed by atoms with Gasteiger partial charge in [-0.05, 0) is 18.1 Å². The van der Waals surface area contributed by atoms with Gasteiger partial charge >= 0.3 is 0 Å². The molecule has 0 saturated carbocycles. The highest BCUT2D eigenvalue weighted by Crippen LogP contribution is 2.24. The first kappa shape index (κ1) is 10.6. The molecule has 0 aliphatic carbocycles. The van der Waals surface area contributed by atoms with Gasteiger partial charge in [-0.3, -0.25) is 0 Å². The third-order valence-corrected chi connectivity index (χ3v) is 3.61. The Morgan fingerprint density at radius 3 is 2.93 bits per heavy atom. The van der Waals surface area contributed by atoms with Crippen LogP contribution in [0.25, 0.3) is 10.9 Å². The van der Waals surface area contributed by atoms with E-state index in [2.05, 4.69) is 30.1 Å². The van der Waals surface area contributed by atoms with Crippen molar-refractivity contribution in [2.45, 2.75) is 11.9 Å². The van der Waals surface area contributed by atoms with Crippen molar-refractivity contribution in [3.8, 4) is 0 Å². The molecule has 0 bridgehead atoms. The van der Waals surface area contributed by atoms with Crippen molar-refractivity contribution in [2.75, 3.05) is 12.4 Å². The van der Waals surface area contributed by atoms with Crippen molar-refractivity contribution in [1.29, 1.82) is 0 Å². The Kier molecular flexibility index (Phi) is 3.34. The van der Waals surface area contributed by atoms with Crippen LogP contribution in [0.1, 0.15) is 6.92 Å². The lowest BCUT2D eigenvalue weighted by molar-refractivity contribution is 0.250. The number of hydrogen-bond donors (Lipinski definition) is 2. The molecule has 0 aliphatic rings. The van der Waals surface area contributed by atoms with Crippen molar-refractivity contribution in [3.05, 3.63) is 30.3 Å². The fourth-order valence-corrected chi connectivity index (χ4v) is 2.37. The minimum atomic E-state index is 0.257. The first-order chi connectivity index (χ1) is 7.29. The Balaban J connectivity index is 2.09. The Morgan fingerprint density at radius 1 is 1.40 bits per heavy atom. The number of benzene rings is 1. The molecular weight excluding hydrogens is 206 g/mol. The number of thioether (sulfide) groups is 1. The summed E-state index contributed by atoms with van der Waals surface area (Å²) < 4.78 is 0. The summed E-state index contributed by atoms with van der Waals surface area (Å²) in [5.41, 5.74) is 1.18. The summed E-state index contributed by atoms with van der Waals surface area (Å²) >= 11 is 1.76. The fraction of sp³-hybridized carbons (Fsp3) is 0.333. The molecule has 1 aromatic heterocycles. The molecular formula is C12H15NOS. The number of nitrogens with one attached hydrogen (secondary N) is 1. The third-order valence-electron chi connectivity index (χ3n) is 2.34. The number of hydrogen-bond acceptors (Lipinski definition) is 2. The predicted octanol–water partition coefficient (Wildman–Crippen LogP) is 2.89. The van der Waals surface area contributed by atoms with Gasteiger partial charge in [0.1, 0.15) is 0 Å². The van der Waals surface area contributed by atoms with Crippen LogP contribution in [-0.2, 0) is 0 Å². The van der Waals surface area contributed by atoms with Gasteiger partial charge in [-0.2, -0.15) is 0 Å². The van der Waals surface area contributed by atoms with Gasteiger partial charge in [-0.25, -0.2) is 0 Å². The molecule has 1 heterocycles. The second kappa shape index (κ2) is 4.73. The normalized spacial score (nSPS) is 13.2. The third kappa shape index (κ3) is 2.55. The highest BCUT2D eigenvalue weighted by molar-refractivity contribution is 7.99. The number of aromatic amines is 1. The van der Waals surface area contributed by atoms with Gasteiger partial charge in [0.25, 0.3) is 0 Å². The van der Waals surface area contributed by atoms with E-state index in [1.807, 2.05) is 12.1 Å². The van der Waals surface area contributed by atoms with Crippen LogP contribution in [0.15, 0.2) is 35.4 Å². The van der Waals surface area contributed by atoms with Crippen molar-refractivity contribution >= 4 is 22.7 Å². The van der Waals surface area contributed by atoms with E-state index in [0.717, 1.165) is 5.75 Å². The lowest BCUT2D eigenvalue weighted by Gasteiger charge is -2.04. The van der Waals surface area contributed by atoms with E-state index in [1.54, 1.807) is 11.8 Å². The van der Waals surface area contributed by atoms with Gasteiger partial charge in [0.2, 0.25) is 0 Å². The van der Waals surface area contributed by atoms with Crippen LogP contribution in [0.2, 0.25) is 0 Å². The second-order valence-corrected chi connectivity index (χ2v) is 4.88. The van der Waals surface area contributed by atoms with E-state index < -0.39 is 0 Å².